The van der Waals surface area contributed by atoms with Gasteiger partial charge in [-0.25, -0.2) is 4.68 Å². The highest BCUT2D eigenvalue weighted by molar-refractivity contribution is 5.67. The highest BCUT2D eigenvalue weighted by Gasteiger charge is 2.13. The Morgan fingerprint density at radius 1 is 0.955 bits per heavy atom. The van der Waals surface area contributed by atoms with Crippen LogP contribution in [-0.4, -0.2) is 9.78 Å². The van der Waals surface area contributed by atoms with Gasteiger partial charge in [-0.1, -0.05) is 35.9 Å². The summed E-state index contributed by atoms with van der Waals surface area (Å²) in [7, 11) is 0. The topological polar surface area (TPSA) is 41.6 Å². The van der Waals surface area contributed by atoms with E-state index in [2.05, 4.69) is 62.3 Å². The molecular weight excluding hydrogens is 270 g/mol. The molecule has 1 heterocycles. The van der Waals surface area contributed by atoms with E-state index >= 15 is 0 Å². The van der Waals surface area contributed by atoms with Crippen molar-refractivity contribution in [3.63, 3.8) is 0 Å². The molecule has 3 aromatic rings. The molecule has 0 fully saturated rings. The van der Waals surface area contributed by atoms with E-state index in [1.165, 1.54) is 11.1 Å². The second-order valence-corrected chi connectivity index (χ2v) is 5.60. The molecule has 0 saturated heterocycles. The summed E-state index contributed by atoms with van der Waals surface area (Å²) in [6.45, 7) is 6.21. The summed E-state index contributed by atoms with van der Waals surface area (Å²) >= 11 is 0. The van der Waals surface area contributed by atoms with Crippen LogP contribution in [0.5, 0.6) is 0 Å². The van der Waals surface area contributed by atoms with Gasteiger partial charge in [-0.15, -0.1) is 0 Å². The lowest BCUT2D eigenvalue weighted by Crippen LogP contribution is -2.00. The van der Waals surface area contributed by atoms with Crippen molar-refractivity contribution in [1.82, 2.24) is 9.78 Å². The fourth-order valence-corrected chi connectivity index (χ4v) is 2.69. The predicted octanol–water partition coefficient (Wildman–Crippen LogP) is 4.34. The van der Waals surface area contributed by atoms with Crippen molar-refractivity contribution in [2.75, 3.05) is 0 Å². The van der Waals surface area contributed by atoms with Gasteiger partial charge in [0.25, 0.3) is 0 Å². The highest BCUT2D eigenvalue weighted by Crippen LogP contribution is 2.27. The van der Waals surface area contributed by atoms with Crippen molar-refractivity contribution in [1.29, 1.82) is 5.26 Å². The van der Waals surface area contributed by atoms with Crippen molar-refractivity contribution in [3.8, 4) is 23.0 Å². The molecule has 0 aliphatic heterocycles. The van der Waals surface area contributed by atoms with Gasteiger partial charge in [0.05, 0.1) is 11.4 Å². The minimum Gasteiger partial charge on any atom is -0.232 e. The third-order valence-electron chi connectivity index (χ3n) is 3.73. The van der Waals surface area contributed by atoms with Crippen molar-refractivity contribution >= 4 is 0 Å². The summed E-state index contributed by atoms with van der Waals surface area (Å²) < 4.78 is 1.85. The average molecular weight is 287 g/mol. The second-order valence-electron chi connectivity index (χ2n) is 5.60. The van der Waals surface area contributed by atoms with Crippen LogP contribution >= 0.6 is 0 Å². The Bertz CT molecular complexity index is 882. The van der Waals surface area contributed by atoms with Crippen LogP contribution in [0.1, 0.15) is 22.4 Å². The minimum absolute atomic E-state index is 0.427. The Balaban J connectivity index is 2.24. The van der Waals surface area contributed by atoms with Crippen LogP contribution in [0.15, 0.2) is 48.5 Å². The molecule has 0 aliphatic rings. The lowest BCUT2D eigenvalue weighted by atomic mass is 10.0. The van der Waals surface area contributed by atoms with Gasteiger partial charge in [-0.05, 0) is 44.0 Å². The first-order chi connectivity index (χ1) is 10.6. The SMILES string of the molecule is Cc1cccc(-n2nc(C#N)cc2-c2ccc(C)cc2C)c1. The second kappa shape index (κ2) is 5.50. The highest BCUT2D eigenvalue weighted by atomic mass is 15.3. The van der Waals surface area contributed by atoms with Crippen molar-refractivity contribution < 1.29 is 0 Å². The van der Waals surface area contributed by atoms with Crippen LogP contribution in [-0.2, 0) is 0 Å². The molecule has 0 atom stereocenters. The summed E-state index contributed by atoms with van der Waals surface area (Å²) in [6.07, 6.45) is 0. The molecule has 3 rings (SSSR count). The summed E-state index contributed by atoms with van der Waals surface area (Å²) in [4.78, 5) is 0. The quantitative estimate of drug-likeness (QED) is 0.703. The zero-order valence-electron chi connectivity index (χ0n) is 13.0. The lowest BCUT2D eigenvalue weighted by molar-refractivity contribution is 0.878. The monoisotopic (exact) mass is 287 g/mol. The molecule has 0 saturated carbocycles. The lowest BCUT2D eigenvalue weighted by Gasteiger charge is -2.11. The van der Waals surface area contributed by atoms with E-state index in [-0.39, 0.29) is 0 Å². The Hall–Kier alpha value is -2.86. The van der Waals surface area contributed by atoms with Gasteiger partial charge in [0.2, 0.25) is 0 Å². The van der Waals surface area contributed by atoms with E-state index in [1.54, 1.807) is 0 Å². The molecule has 0 spiro atoms. The molecule has 3 nitrogen and oxygen atoms in total. The molecule has 1 aromatic heterocycles. The Kier molecular flexibility index (Phi) is 3.52. The first-order valence-corrected chi connectivity index (χ1v) is 7.23. The van der Waals surface area contributed by atoms with Gasteiger partial charge in [0, 0.05) is 11.6 Å². The van der Waals surface area contributed by atoms with E-state index in [1.807, 2.05) is 22.9 Å². The number of aryl methyl sites for hydroxylation is 3. The first-order valence-electron chi connectivity index (χ1n) is 7.23. The zero-order valence-corrected chi connectivity index (χ0v) is 13.0. The van der Waals surface area contributed by atoms with Crippen molar-refractivity contribution in [3.05, 3.63) is 70.9 Å². The third-order valence-corrected chi connectivity index (χ3v) is 3.73. The average Bonchev–Trinajstić information content (AvgIpc) is 2.91. The number of aromatic nitrogens is 2. The van der Waals surface area contributed by atoms with Gasteiger partial charge >= 0.3 is 0 Å². The summed E-state index contributed by atoms with van der Waals surface area (Å²) in [5.74, 6) is 0. The molecule has 22 heavy (non-hydrogen) atoms. The molecule has 0 radical (unpaired) electrons. The summed E-state index contributed by atoms with van der Waals surface area (Å²) in [5.41, 5.74) is 7.01. The number of nitrogens with zero attached hydrogens (tertiary/aromatic N) is 3. The standard InChI is InChI=1S/C19H17N3/c1-13-5-4-6-17(10-13)22-19(11-16(12-20)21-22)18-8-7-14(2)9-15(18)3/h4-11H,1-3H3. The molecule has 0 unspecified atom stereocenters. The Morgan fingerprint density at radius 2 is 1.73 bits per heavy atom. The number of hydrogen-bond donors (Lipinski definition) is 0. The molecule has 2 aromatic carbocycles. The van der Waals surface area contributed by atoms with Crippen LogP contribution < -0.4 is 0 Å². The van der Waals surface area contributed by atoms with Crippen molar-refractivity contribution in [2.24, 2.45) is 0 Å². The van der Waals surface area contributed by atoms with Crippen LogP contribution in [0.2, 0.25) is 0 Å². The van der Waals surface area contributed by atoms with Crippen LogP contribution in [0, 0.1) is 32.1 Å². The number of benzene rings is 2. The smallest absolute Gasteiger partial charge is 0.163 e. The Labute approximate surface area is 130 Å². The van der Waals surface area contributed by atoms with Crippen LogP contribution in [0.3, 0.4) is 0 Å². The van der Waals surface area contributed by atoms with E-state index < -0.39 is 0 Å². The number of rotatable bonds is 2. The van der Waals surface area contributed by atoms with E-state index in [4.69, 9.17) is 0 Å². The zero-order chi connectivity index (χ0) is 15.7. The third kappa shape index (κ3) is 2.51. The number of nitriles is 1. The minimum atomic E-state index is 0.427. The normalized spacial score (nSPS) is 10.5. The molecule has 3 heteroatoms. The van der Waals surface area contributed by atoms with Gasteiger partial charge in [0.15, 0.2) is 5.69 Å². The molecule has 0 amide bonds. The van der Waals surface area contributed by atoms with E-state index in [0.29, 0.717) is 5.69 Å². The van der Waals surface area contributed by atoms with Crippen LogP contribution in [0.25, 0.3) is 16.9 Å². The first kappa shape index (κ1) is 14.1. The largest absolute Gasteiger partial charge is 0.232 e. The summed E-state index contributed by atoms with van der Waals surface area (Å²) in [6, 6.07) is 18.4. The molecule has 0 aliphatic carbocycles. The predicted molar refractivity (Wildman–Crippen MR) is 87.9 cm³/mol. The maximum Gasteiger partial charge on any atom is 0.163 e. The van der Waals surface area contributed by atoms with Gasteiger partial charge in [-0.3, -0.25) is 0 Å². The van der Waals surface area contributed by atoms with Gasteiger partial charge in [-0.2, -0.15) is 10.4 Å². The summed E-state index contributed by atoms with van der Waals surface area (Å²) in [5, 5.41) is 13.6. The van der Waals surface area contributed by atoms with Gasteiger partial charge in [0.1, 0.15) is 6.07 Å². The Morgan fingerprint density at radius 3 is 2.41 bits per heavy atom. The molecule has 0 N–H and O–H groups in total. The molecular formula is C19H17N3. The molecule has 108 valence electrons. The van der Waals surface area contributed by atoms with Crippen molar-refractivity contribution in [2.45, 2.75) is 20.8 Å². The fourth-order valence-electron chi connectivity index (χ4n) is 2.69. The van der Waals surface area contributed by atoms with Gasteiger partial charge < -0.3 is 0 Å². The van der Waals surface area contributed by atoms with E-state index in [0.717, 1.165) is 22.5 Å². The van der Waals surface area contributed by atoms with E-state index in [9.17, 15) is 5.26 Å². The maximum absolute atomic E-state index is 9.21. The van der Waals surface area contributed by atoms with Crippen LogP contribution in [0.4, 0.5) is 0 Å². The fraction of sp³-hybridized carbons (Fsp3) is 0.158. The number of hydrogen-bond acceptors (Lipinski definition) is 2. The molecule has 0 bridgehead atoms. The maximum atomic E-state index is 9.21.